The Kier molecular flexibility index (Phi) is 7.38. The van der Waals surface area contributed by atoms with E-state index in [2.05, 4.69) is 0 Å². The largest absolute Gasteiger partial charge is 0.371 e. The summed E-state index contributed by atoms with van der Waals surface area (Å²) in [7, 11) is 0. The lowest BCUT2D eigenvalue weighted by Crippen LogP contribution is -2.51. The molecule has 1 rings (SSSR count). The van der Waals surface area contributed by atoms with E-state index in [1.54, 1.807) is 11.8 Å². The number of carbonyl (C=O) groups is 2. The molecule has 0 fully saturated rings. The Bertz CT molecular complexity index is 540. The molecule has 0 aliphatic carbocycles. The van der Waals surface area contributed by atoms with Gasteiger partial charge in [0.25, 0.3) is 0 Å². The van der Waals surface area contributed by atoms with Crippen LogP contribution < -0.4 is 11.5 Å². The van der Waals surface area contributed by atoms with E-state index in [9.17, 15) is 9.59 Å². The number of carbonyl (C=O) groups excluding carboxylic acids is 2. The standard InChI is InChI=1S/C18H29N3O3/c1-13(24-18(2,3)4)16(20)17(23)21(11-10-15(19)22)12-14-8-6-5-7-9-14/h5-9,13,16H,10-12,20H2,1-4H3,(H2,19,22)/t13-,16+/m1/s1. The van der Waals surface area contributed by atoms with E-state index in [1.807, 2.05) is 51.1 Å². The molecule has 0 aliphatic rings. The van der Waals surface area contributed by atoms with Crippen molar-refractivity contribution in [3.8, 4) is 0 Å². The van der Waals surface area contributed by atoms with Gasteiger partial charge in [0, 0.05) is 19.5 Å². The van der Waals surface area contributed by atoms with Crippen LogP contribution in [-0.2, 0) is 20.9 Å². The predicted octanol–water partition coefficient (Wildman–Crippen LogP) is 1.42. The van der Waals surface area contributed by atoms with Crippen LogP contribution in [0.3, 0.4) is 0 Å². The van der Waals surface area contributed by atoms with Crippen molar-refractivity contribution in [2.75, 3.05) is 6.54 Å². The van der Waals surface area contributed by atoms with Crippen LogP contribution >= 0.6 is 0 Å². The van der Waals surface area contributed by atoms with Crippen molar-refractivity contribution in [2.24, 2.45) is 11.5 Å². The molecule has 1 aromatic rings. The smallest absolute Gasteiger partial charge is 0.242 e. The molecule has 1 aromatic carbocycles. The molecule has 2 atom stereocenters. The molecule has 0 heterocycles. The zero-order chi connectivity index (χ0) is 18.3. The van der Waals surface area contributed by atoms with Crippen molar-refractivity contribution in [3.05, 3.63) is 35.9 Å². The van der Waals surface area contributed by atoms with E-state index >= 15 is 0 Å². The molecular weight excluding hydrogens is 306 g/mol. The fourth-order valence-electron chi connectivity index (χ4n) is 2.36. The Morgan fingerprint density at radius 1 is 1.21 bits per heavy atom. The van der Waals surface area contributed by atoms with Crippen LogP contribution in [-0.4, -0.2) is 41.0 Å². The van der Waals surface area contributed by atoms with Gasteiger partial charge in [0.05, 0.1) is 11.7 Å². The molecule has 2 amide bonds. The lowest BCUT2D eigenvalue weighted by molar-refractivity contribution is -0.140. The first-order valence-corrected chi connectivity index (χ1v) is 8.14. The van der Waals surface area contributed by atoms with Crippen LogP contribution in [0.4, 0.5) is 0 Å². The second-order valence-electron chi connectivity index (χ2n) is 6.92. The van der Waals surface area contributed by atoms with Crippen LogP contribution in [0.2, 0.25) is 0 Å². The Balaban J connectivity index is 2.83. The summed E-state index contributed by atoms with van der Waals surface area (Å²) < 4.78 is 5.78. The van der Waals surface area contributed by atoms with E-state index in [0.717, 1.165) is 5.56 Å². The average Bonchev–Trinajstić information content (AvgIpc) is 2.49. The highest BCUT2D eigenvalue weighted by Crippen LogP contribution is 2.15. The molecule has 6 heteroatoms. The molecule has 0 aliphatic heterocycles. The van der Waals surface area contributed by atoms with E-state index in [1.165, 1.54) is 0 Å². The maximum absolute atomic E-state index is 12.8. The number of benzene rings is 1. The summed E-state index contributed by atoms with van der Waals surface area (Å²) in [5.74, 6) is -0.703. The molecule has 0 spiro atoms. The second-order valence-corrected chi connectivity index (χ2v) is 6.92. The number of primary amides is 1. The maximum atomic E-state index is 12.8. The summed E-state index contributed by atoms with van der Waals surface area (Å²) in [6.45, 7) is 8.13. The molecule has 6 nitrogen and oxygen atoms in total. The third-order valence-corrected chi connectivity index (χ3v) is 3.49. The number of nitrogens with two attached hydrogens (primary N) is 2. The van der Waals surface area contributed by atoms with Gasteiger partial charge in [-0.15, -0.1) is 0 Å². The fourth-order valence-corrected chi connectivity index (χ4v) is 2.36. The normalized spacial score (nSPS) is 14.0. The summed E-state index contributed by atoms with van der Waals surface area (Å²) in [5, 5.41) is 0. The summed E-state index contributed by atoms with van der Waals surface area (Å²) in [6, 6.07) is 8.75. The van der Waals surface area contributed by atoms with Crippen molar-refractivity contribution in [1.29, 1.82) is 0 Å². The first-order chi connectivity index (χ1) is 11.1. The minimum absolute atomic E-state index is 0.0970. The predicted molar refractivity (Wildman–Crippen MR) is 93.9 cm³/mol. The van der Waals surface area contributed by atoms with Crippen molar-refractivity contribution >= 4 is 11.8 Å². The molecule has 0 saturated carbocycles. The zero-order valence-corrected chi connectivity index (χ0v) is 15.0. The number of hydrogen-bond donors (Lipinski definition) is 2. The van der Waals surface area contributed by atoms with Gasteiger partial charge in [-0.1, -0.05) is 30.3 Å². The van der Waals surface area contributed by atoms with E-state index in [-0.39, 0.29) is 18.9 Å². The summed E-state index contributed by atoms with van der Waals surface area (Å²) >= 11 is 0. The van der Waals surface area contributed by atoms with Crippen LogP contribution in [0.15, 0.2) is 30.3 Å². The molecule has 0 radical (unpaired) electrons. The Hall–Kier alpha value is -1.92. The van der Waals surface area contributed by atoms with Crippen LogP contribution in [0, 0.1) is 0 Å². The SMILES string of the molecule is C[C@@H](OC(C)(C)C)[C@H](N)C(=O)N(CCC(N)=O)Cc1ccccc1. The quantitative estimate of drug-likeness (QED) is 0.750. The Morgan fingerprint density at radius 2 is 1.79 bits per heavy atom. The van der Waals surface area contributed by atoms with Gasteiger partial charge in [-0.25, -0.2) is 0 Å². The van der Waals surface area contributed by atoms with Crippen molar-refractivity contribution in [1.82, 2.24) is 4.90 Å². The Morgan fingerprint density at radius 3 is 2.29 bits per heavy atom. The topological polar surface area (TPSA) is 98.7 Å². The molecule has 134 valence electrons. The van der Waals surface area contributed by atoms with Gasteiger partial charge >= 0.3 is 0 Å². The molecule has 0 bridgehead atoms. The fraction of sp³-hybridized carbons (Fsp3) is 0.556. The number of amides is 2. The third kappa shape index (κ3) is 7.10. The minimum Gasteiger partial charge on any atom is -0.371 e. The average molecular weight is 335 g/mol. The van der Waals surface area contributed by atoms with Gasteiger partial charge < -0.3 is 21.1 Å². The monoisotopic (exact) mass is 335 g/mol. The third-order valence-electron chi connectivity index (χ3n) is 3.49. The van der Waals surface area contributed by atoms with Crippen LogP contribution in [0.5, 0.6) is 0 Å². The highest BCUT2D eigenvalue weighted by Gasteiger charge is 2.29. The molecule has 4 N–H and O–H groups in total. The van der Waals surface area contributed by atoms with E-state index in [4.69, 9.17) is 16.2 Å². The van der Waals surface area contributed by atoms with Gasteiger partial charge in [-0.05, 0) is 33.3 Å². The van der Waals surface area contributed by atoms with Gasteiger partial charge in [-0.3, -0.25) is 9.59 Å². The molecule has 0 saturated heterocycles. The van der Waals surface area contributed by atoms with Gasteiger partial charge in [0.2, 0.25) is 11.8 Å². The highest BCUT2D eigenvalue weighted by molar-refractivity contribution is 5.83. The van der Waals surface area contributed by atoms with E-state index in [0.29, 0.717) is 6.54 Å². The van der Waals surface area contributed by atoms with Crippen molar-refractivity contribution in [3.63, 3.8) is 0 Å². The molecule has 0 aromatic heterocycles. The molecule has 24 heavy (non-hydrogen) atoms. The lowest BCUT2D eigenvalue weighted by atomic mass is 10.1. The number of nitrogens with zero attached hydrogens (tertiary/aromatic N) is 1. The van der Waals surface area contributed by atoms with Crippen molar-refractivity contribution in [2.45, 2.75) is 58.4 Å². The number of hydrogen-bond acceptors (Lipinski definition) is 4. The van der Waals surface area contributed by atoms with Gasteiger partial charge in [-0.2, -0.15) is 0 Å². The number of rotatable bonds is 8. The van der Waals surface area contributed by atoms with Crippen LogP contribution in [0.1, 0.15) is 39.7 Å². The number of ether oxygens (including phenoxy) is 1. The highest BCUT2D eigenvalue weighted by atomic mass is 16.5. The molecule has 0 unspecified atom stereocenters. The van der Waals surface area contributed by atoms with Gasteiger partial charge in [0.1, 0.15) is 6.04 Å². The maximum Gasteiger partial charge on any atom is 0.242 e. The second kappa shape index (κ2) is 8.80. The van der Waals surface area contributed by atoms with E-state index < -0.39 is 23.7 Å². The minimum atomic E-state index is -0.805. The van der Waals surface area contributed by atoms with Crippen LogP contribution in [0.25, 0.3) is 0 Å². The lowest BCUT2D eigenvalue weighted by Gasteiger charge is -2.32. The summed E-state index contributed by atoms with van der Waals surface area (Å²) in [6.07, 6.45) is -0.343. The zero-order valence-electron chi connectivity index (χ0n) is 15.0. The van der Waals surface area contributed by atoms with Gasteiger partial charge in [0.15, 0.2) is 0 Å². The first-order valence-electron chi connectivity index (χ1n) is 8.14. The Labute approximate surface area is 144 Å². The summed E-state index contributed by atoms with van der Waals surface area (Å²) in [4.78, 5) is 25.4. The first kappa shape index (κ1) is 20.1. The summed E-state index contributed by atoms with van der Waals surface area (Å²) in [5.41, 5.74) is 11.9. The molecular formula is C18H29N3O3. The van der Waals surface area contributed by atoms with Crippen molar-refractivity contribution < 1.29 is 14.3 Å².